The van der Waals surface area contributed by atoms with Gasteiger partial charge < -0.3 is 14.8 Å². The van der Waals surface area contributed by atoms with Crippen molar-refractivity contribution in [2.24, 2.45) is 5.41 Å². The lowest BCUT2D eigenvalue weighted by Crippen LogP contribution is -2.42. The predicted octanol–water partition coefficient (Wildman–Crippen LogP) is 2.78. The fourth-order valence-corrected chi connectivity index (χ4v) is 3.21. The molecule has 1 aromatic carbocycles. The van der Waals surface area contributed by atoms with Crippen LogP contribution in [0, 0.1) is 5.41 Å². The van der Waals surface area contributed by atoms with Gasteiger partial charge in [-0.25, -0.2) is 0 Å². The van der Waals surface area contributed by atoms with Crippen molar-refractivity contribution in [1.29, 1.82) is 0 Å². The van der Waals surface area contributed by atoms with Crippen LogP contribution in [0.4, 0.5) is 0 Å². The highest BCUT2D eigenvalue weighted by Gasteiger charge is 2.42. The minimum atomic E-state index is 0.206. The highest BCUT2D eigenvalue weighted by Crippen LogP contribution is 2.40. The molecule has 1 N–H and O–H groups in total. The van der Waals surface area contributed by atoms with Gasteiger partial charge in [-0.3, -0.25) is 0 Å². The molecule has 1 aliphatic carbocycles. The second kappa shape index (κ2) is 5.74. The van der Waals surface area contributed by atoms with Crippen molar-refractivity contribution in [3.63, 3.8) is 0 Å². The van der Waals surface area contributed by atoms with Gasteiger partial charge in [0.2, 0.25) is 0 Å². The van der Waals surface area contributed by atoms with E-state index in [2.05, 4.69) is 30.4 Å². The molecule has 1 saturated carbocycles. The molecule has 2 aliphatic rings. The molecule has 20 heavy (non-hydrogen) atoms. The predicted molar refractivity (Wildman–Crippen MR) is 80.2 cm³/mol. The van der Waals surface area contributed by atoms with E-state index in [1.165, 1.54) is 18.4 Å². The Balaban J connectivity index is 1.78. The number of ether oxygens (including phenoxy) is 2. The maximum atomic E-state index is 5.89. The van der Waals surface area contributed by atoms with Crippen LogP contribution in [0.2, 0.25) is 0 Å². The first-order valence-corrected chi connectivity index (χ1v) is 7.70. The topological polar surface area (TPSA) is 30.5 Å². The maximum absolute atomic E-state index is 5.89. The molecule has 0 aromatic heterocycles. The Kier molecular flexibility index (Phi) is 3.99. The second-order valence-electron chi connectivity index (χ2n) is 6.27. The summed E-state index contributed by atoms with van der Waals surface area (Å²) in [5, 5.41) is 3.71. The third-order valence-electron chi connectivity index (χ3n) is 4.89. The van der Waals surface area contributed by atoms with Crippen molar-refractivity contribution in [3.05, 3.63) is 29.8 Å². The highest BCUT2D eigenvalue weighted by atomic mass is 16.5. The first kappa shape index (κ1) is 13.9. The van der Waals surface area contributed by atoms with Crippen molar-refractivity contribution in [1.82, 2.24) is 5.32 Å². The Hall–Kier alpha value is -1.06. The summed E-state index contributed by atoms with van der Waals surface area (Å²) < 4.78 is 11.4. The molecule has 1 saturated heterocycles. The summed E-state index contributed by atoms with van der Waals surface area (Å²) in [7, 11) is 1.75. The van der Waals surface area contributed by atoms with Crippen LogP contribution in [0.3, 0.4) is 0 Å². The van der Waals surface area contributed by atoms with Crippen LogP contribution in [0.25, 0.3) is 0 Å². The van der Waals surface area contributed by atoms with Crippen LogP contribution in [0.1, 0.15) is 31.7 Å². The third kappa shape index (κ3) is 2.84. The monoisotopic (exact) mass is 275 g/mol. The van der Waals surface area contributed by atoms with Crippen LogP contribution >= 0.6 is 0 Å². The third-order valence-corrected chi connectivity index (χ3v) is 4.89. The first-order valence-electron chi connectivity index (χ1n) is 7.70. The molecule has 110 valence electrons. The van der Waals surface area contributed by atoms with Gasteiger partial charge in [0.05, 0.1) is 13.2 Å². The van der Waals surface area contributed by atoms with Crippen LogP contribution in [0.5, 0.6) is 5.75 Å². The molecule has 1 aliphatic heterocycles. The number of hydrogen-bond acceptors (Lipinski definition) is 3. The van der Waals surface area contributed by atoms with Crippen molar-refractivity contribution in [2.45, 2.75) is 44.8 Å². The molecule has 1 heterocycles. The Morgan fingerprint density at radius 1 is 1.35 bits per heavy atom. The molecule has 0 spiro atoms. The molecule has 3 nitrogen and oxygen atoms in total. The number of rotatable bonds is 6. The lowest BCUT2D eigenvalue weighted by Gasteiger charge is -2.33. The Morgan fingerprint density at radius 2 is 2.15 bits per heavy atom. The van der Waals surface area contributed by atoms with Gasteiger partial charge in [0.15, 0.2) is 0 Å². The average Bonchev–Trinajstić information content (AvgIpc) is 3.23. The normalized spacial score (nSPS) is 29.6. The Labute approximate surface area is 121 Å². The number of nitrogens with one attached hydrogen (secondary N) is 1. The van der Waals surface area contributed by atoms with E-state index in [0.29, 0.717) is 6.10 Å². The van der Waals surface area contributed by atoms with Gasteiger partial charge in [-0.2, -0.15) is 0 Å². The van der Waals surface area contributed by atoms with Gasteiger partial charge in [0, 0.05) is 24.6 Å². The van der Waals surface area contributed by atoms with Crippen molar-refractivity contribution >= 4 is 0 Å². The number of hydrogen-bond donors (Lipinski definition) is 1. The first-order chi connectivity index (χ1) is 9.73. The molecule has 0 radical (unpaired) electrons. The average molecular weight is 275 g/mol. The molecule has 0 bridgehead atoms. The van der Waals surface area contributed by atoms with Gasteiger partial charge >= 0.3 is 0 Å². The highest BCUT2D eigenvalue weighted by molar-refractivity contribution is 5.34. The number of benzene rings is 1. The molecule has 0 amide bonds. The molecule has 2 fully saturated rings. The summed E-state index contributed by atoms with van der Waals surface area (Å²) in [6.45, 7) is 4.15. The Morgan fingerprint density at radius 3 is 2.80 bits per heavy atom. The Bertz CT molecular complexity index is 458. The summed E-state index contributed by atoms with van der Waals surface area (Å²) in [6, 6.07) is 9.12. The van der Waals surface area contributed by atoms with E-state index in [-0.39, 0.29) is 5.41 Å². The van der Waals surface area contributed by atoms with Gasteiger partial charge in [0.1, 0.15) is 5.75 Å². The smallest absolute Gasteiger partial charge is 0.122 e. The second-order valence-corrected chi connectivity index (χ2v) is 6.27. The van der Waals surface area contributed by atoms with Crippen LogP contribution in [-0.4, -0.2) is 32.4 Å². The van der Waals surface area contributed by atoms with Crippen molar-refractivity contribution in [2.75, 3.05) is 20.3 Å². The van der Waals surface area contributed by atoms with E-state index in [4.69, 9.17) is 9.47 Å². The molecule has 2 unspecified atom stereocenters. The number of methoxy groups -OCH3 is 1. The van der Waals surface area contributed by atoms with E-state index in [1.54, 1.807) is 7.11 Å². The minimum Gasteiger partial charge on any atom is -0.496 e. The van der Waals surface area contributed by atoms with E-state index in [0.717, 1.165) is 37.8 Å². The van der Waals surface area contributed by atoms with Crippen LogP contribution < -0.4 is 10.1 Å². The zero-order valence-electron chi connectivity index (χ0n) is 12.5. The van der Waals surface area contributed by atoms with E-state index in [1.807, 2.05) is 6.07 Å². The minimum absolute atomic E-state index is 0.206. The largest absolute Gasteiger partial charge is 0.496 e. The summed E-state index contributed by atoms with van der Waals surface area (Å²) >= 11 is 0. The fraction of sp³-hybridized carbons (Fsp3) is 0.647. The number of para-hydroxylation sites is 1. The molecular weight excluding hydrogens is 250 g/mol. The fourth-order valence-electron chi connectivity index (χ4n) is 3.21. The van der Waals surface area contributed by atoms with Crippen LogP contribution in [0.15, 0.2) is 24.3 Å². The standard InChI is InChI=1S/C17H25NO2/c1-13-17(9-10-20-13,12-18-15-7-8-15)11-14-5-3-4-6-16(14)19-2/h3-6,13,15,18H,7-12H2,1-2H3. The van der Waals surface area contributed by atoms with E-state index < -0.39 is 0 Å². The molecule has 1 aromatic rings. The summed E-state index contributed by atoms with van der Waals surface area (Å²) in [6.07, 6.45) is 5.13. The SMILES string of the molecule is COc1ccccc1CC1(CNC2CC2)CCOC1C. The van der Waals surface area contributed by atoms with Crippen LogP contribution in [-0.2, 0) is 11.2 Å². The van der Waals surface area contributed by atoms with Crippen molar-refractivity contribution in [3.8, 4) is 5.75 Å². The molecule has 3 heteroatoms. The lowest BCUT2D eigenvalue weighted by atomic mass is 9.76. The van der Waals surface area contributed by atoms with Gasteiger partial charge in [-0.15, -0.1) is 0 Å². The van der Waals surface area contributed by atoms with Crippen molar-refractivity contribution < 1.29 is 9.47 Å². The van der Waals surface area contributed by atoms with E-state index in [9.17, 15) is 0 Å². The lowest BCUT2D eigenvalue weighted by molar-refractivity contribution is 0.0625. The quantitative estimate of drug-likeness (QED) is 0.866. The molecule has 3 rings (SSSR count). The van der Waals surface area contributed by atoms with Gasteiger partial charge in [0.25, 0.3) is 0 Å². The summed E-state index contributed by atoms with van der Waals surface area (Å²) in [5.74, 6) is 0.998. The zero-order valence-corrected chi connectivity index (χ0v) is 12.5. The molecule has 2 atom stereocenters. The summed E-state index contributed by atoms with van der Waals surface area (Å²) in [5.41, 5.74) is 1.50. The molecular formula is C17H25NO2. The van der Waals surface area contributed by atoms with E-state index >= 15 is 0 Å². The maximum Gasteiger partial charge on any atom is 0.122 e. The zero-order chi connectivity index (χ0) is 14.0. The van der Waals surface area contributed by atoms with Gasteiger partial charge in [-0.05, 0) is 44.2 Å². The van der Waals surface area contributed by atoms with Gasteiger partial charge in [-0.1, -0.05) is 18.2 Å². The summed E-state index contributed by atoms with van der Waals surface area (Å²) in [4.78, 5) is 0.